The quantitative estimate of drug-likeness (QED) is 0.539. The molecule has 0 unspecified atom stereocenters. The highest BCUT2D eigenvalue weighted by molar-refractivity contribution is 7.95. The number of H-pyrrole nitrogens is 1. The number of aromatic nitrogens is 4. The number of rotatable bonds is 6. The van der Waals surface area contributed by atoms with Crippen molar-refractivity contribution in [1.82, 2.24) is 20.6 Å². The number of hydrogen-bond donors (Lipinski definition) is 1. The van der Waals surface area contributed by atoms with Gasteiger partial charge in [-0.2, -0.15) is 5.21 Å². The number of nitrogens with one attached hydrogen (secondary N) is 1. The molecule has 128 valence electrons. The van der Waals surface area contributed by atoms with E-state index in [0.717, 1.165) is 18.4 Å². The standard InChI is InChI=1S/C21H20N4P/c1-4-10-18(11-5-1)26(19-12-6-2-7-13-19,20-14-8-3-9-15-20)17-16-21-22-24-25-23-21/h1-15H,16-17H2,(H,22,23,24,25)/q+1. The smallest absolute Gasteiger partial charge is 0.177 e. The van der Waals surface area contributed by atoms with E-state index in [9.17, 15) is 0 Å². The van der Waals surface area contributed by atoms with Crippen LogP contribution in [0.4, 0.5) is 0 Å². The molecule has 0 saturated heterocycles. The van der Waals surface area contributed by atoms with Crippen molar-refractivity contribution in [3.8, 4) is 0 Å². The van der Waals surface area contributed by atoms with Crippen LogP contribution in [0.15, 0.2) is 91.0 Å². The highest BCUT2D eigenvalue weighted by Crippen LogP contribution is 2.55. The van der Waals surface area contributed by atoms with Gasteiger partial charge in [-0.05, 0) is 36.4 Å². The summed E-state index contributed by atoms with van der Waals surface area (Å²) in [5.74, 6) is 0.761. The van der Waals surface area contributed by atoms with Crippen molar-refractivity contribution >= 4 is 23.2 Å². The molecule has 0 aliphatic carbocycles. The Bertz CT molecular complexity index is 829. The molecule has 0 spiro atoms. The van der Waals surface area contributed by atoms with Gasteiger partial charge in [0.1, 0.15) is 23.2 Å². The van der Waals surface area contributed by atoms with E-state index in [-0.39, 0.29) is 0 Å². The Hall–Kier alpha value is -2.84. The lowest BCUT2D eigenvalue weighted by molar-refractivity contribution is 0.881. The van der Waals surface area contributed by atoms with Crippen molar-refractivity contribution in [2.75, 3.05) is 6.16 Å². The second-order valence-electron chi connectivity index (χ2n) is 6.12. The molecule has 4 aromatic rings. The van der Waals surface area contributed by atoms with E-state index < -0.39 is 7.26 Å². The second kappa shape index (κ2) is 7.59. The van der Waals surface area contributed by atoms with Crippen LogP contribution in [0.5, 0.6) is 0 Å². The molecule has 1 aromatic heterocycles. The molecule has 0 aliphatic rings. The summed E-state index contributed by atoms with van der Waals surface area (Å²) < 4.78 is 0. The summed E-state index contributed by atoms with van der Waals surface area (Å²) in [6.45, 7) is 0. The Morgan fingerprint density at radius 1 is 0.654 bits per heavy atom. The first-order valence-corrected chi connectivity index (χ1v) is 10.6. The largest absolute Gasteiger partial charge is 0.178 e. The minimum atomic E-state index is -1.82. The van der Waals surface area contributed by atoms with Gasteiger partial charge in [0.2, 0.25) is 0 Å². The Morgan fingerprint density at radius 2 is 1.12 bits per heavy atom. The lowest BCUT2D eigenvalue weighted by Crippen LogP contribution is -2.34. The molecule has 3 aromatic carbocycles. The van der Waals surface area contributed by atoms with Gasteiger partial charge in [0.25, 0.3) is 0 Å². The first-order chi connectivity index (χ1) is 12.9. The zero-order chi connectivity index (χ0) is 17.7. The van der Waals surface area contributed by atoms with Gasteiger partial charge < -0.3 is 0 Å². The van der Waals surface area contributed by atoms with Crippen molar-refractivity contribution < 1.29 is 0 Å². The predicted octanol–water partition coefficient (Wildman–Crippen LogP) is 2.74. The molecule has 0 amide bonds. The lowest BCUT2D eigenvalue weighted by Gasteiger charge is -2.27. The topological polar surface area (TPSA) is 54.5 Å². The molecule has 0 fully saturated rings. The van der Waals surface area contributed by atoms with Gasteiger partial charge in [0.05, 0.1) is 6.16 Å². The molecule has 1 heterocycles. The number of nitrogens with zero attached hydrogens (tertiary/aromatic N) is 3. The molecule has 1 N–H and O–H groups in total. The fourth-order valence-corrected chi connectivity index (χ4v) is 7.69. The van der Waals surface area contributed by atoms with Crippen LogP contribution in [0.2, 0.25) is 0 Å². The van der Waals surface area contributed by atoms with Crippen LogP contribution in [-0.2, 0) is 6.42 Å². The monoisotopic (exact) mass is 359 g/mol. The summed E-state index contributed by atoms with van der Waals surface area (Å²) in [6.07, 6.45) is 1.74. The molecule has 0 aliphatic heterocycles. The maximum atomic E-state index is 4.17. The van der Waals surface area contributed by atoms with Crippen LogP contribution in [0.25, 0.3) is 0 Å². The Labute approximate surface area is 153 Å². The number of hydrogen-bond acceptors (Lipinski definition) is 3. The SMILES string of the molecule is c1ccc([P+](CCc2nn[nH]n2)(c2ccccc2)c2ccccc2)cc1. The molecule has 0 bridgehead atoms. The minimum absolute atomic E-state index is 0.761. The van der Waals surface area contributed by atoms with Crippen molar-refractivity contribution in [1.29, 1.82) is 0 Å². The fourth-order valence-electron chi connectivity index (χ4n) is 3.44. The van der Waals surface area contributed by atoms with E-state index in [2.05, 4.69) is 112 Å². The summed E-state index contributed by atoms with van der Waals surface area (Å²) in [6, 6.07) is 32.5. The van der Waals surface area contributed by atoms with Gasteiger partial charge in [-0.25, -0.2) is 0 Å². The summed E-state index contributed by atoms with van der Waals surface area (Å²) in [4.78, 5) is 0. The van der Waals surface area contributed by atoms with Crippen molar-refractivity contribution in [3.05, 3.63) is 96.8 Å². The van der Waals surface area contributed by atoms with E-state index in [1.54, 1.807) is 0 Å². The maximum Gasteiger partial charge on any atom is 0.178 e. The van der Waals surface area contributed by atoms with E-state index >= 15 is 0 Å². The third kappa shape index (κ3) is 3.16. The van der Waals surface area contributed by atoms with Gasteiger partial charge >= 0.3 is 0 Å². The van der Waals surface area contributed by atoms with Crippen molar-refractivity contribution in [3.63, 3.8) is 0 Å². The van der Waals surface area contributed by atoms with Gasteiger partial charge in [-0.3, -0.25) is 0 Å². The van der Waals surface area contributed by atoms with Gasteiger partial charge in [-0.1, -0.05) is 59.8 Å². The molecule has 4 nitrogen and oxygen atoms in total. The highest BCUT2D eigenvalue weighted by Gasteiger charge is 2.44. The Kier molecular flexibility index (Phi) is 4.85. The van der Waals surface area contributed by atoms with Gasteiger partial charge in [-0.15, -0.1) is 10.2 Å². The van der Waals surface area contributed by atoms with Crippen LogP contribution in [0, 0.1) is 0 Å². The Morgan fingerprint density at radius 3 is 1.50 bits per heavy atom. The van der Waals surface area contributed by atoms with Gasteiger partial charge in [0.15, 0.2) is 5.82 Å². The van der Waals surface area contributed by atoms with Crippen molar-refractivity contribution in [2.45, 2.75) is 6.42 Å². The molecular weight excluding hydrogens is 339 g/mol. The van der Waals surface area contributed by atoms with E-state index in [4.69, 9.17) is 0 Å². The number of aryl methyl sites for hydroxylation is 1. The normalized spacial score (nSPS) is 11.4. The van der Waals surface area contributed by atoms with Crippen LogP contribution < -0.4 is 15.9 Å². The fraction of sp³-hybridized carbons (Fsp3) is 0.0952. The average Bonchev–Trinajstić information content (AvgIpc) is 3.25. The van der Waals surface area contributed by atoms with Crippen LogP contribution in [0.3, 0.4) is 0 Å². The third-order valence-electron chi connectivity index (χ3n) is 4.65. The molecule has 5 heteroatoms. The number of benzene rings is 3. The zero-order valence-electron chi connectivity index (χ0n) is 14.4. The van der Waals surface area contributed by atoms with E-state index in [0.29, 0.717) is 0 Å². The van der Waals surface area contributed by atoms with Crippen molar-refractivity contribution in [2.24, 2.45) is 0 Å². The molecule has 4 rings (SSSR count). The average molecular weight is 359 g/mol. The van der Waals surface area contributed by atoms with Gasteiger partial charge in [0, 0.05) is 6.42 Å². The summed E-state index contributed by atoms with van der Waals surface area (Å²) in [5, 5.41) is 18.8. The van der Waals surface area contributed by atoms with Crippen LogP contribution in [-0.4, -0.2) is 26.8 Å². The zero-order valence-corrected chi connectivity index (χ0v) is 15.3. The number of aromatic amines is 1. The molecule has 0 saturated carbocycles. The second-order valence-corrected chi connectivity index (χ2v) is 9.73. The van der Waals surface area contributed by atoms with Crippen LogP contribution in [0.1, 0.15) is 5.82 Å². The van der Waals surface area contributed by atoms with E-state index in [1.807, 2.05) is 0 Å². The van der Waals surface area contributed by atoms with E-state index in [1.165, 1.54) is 15.9 Å². The molecule has 0 radical (unpaired) electrons. The third-order valence-corrected chi connectivity index (χ3v) is 9.08. The predicted molar refractivity (Wildman–Crippen MR) is 108 cm³/mol. The van der Waals surface area contributed by atoms with Crippen LogP contribution >= 0.6 is 7.26 Å². The summed E-state index contributed by atoms with van der Waals surface area (Å²) in [5.41, 5.74) is 0. The summed E-state index contributed by atoms with van der Waals surface area (Å²) >= 11 is 0. The lowest BCUT2D eigenvalue weighted by atomic mass is 10.3. The first kappa shape index (κ1) is 16.6. The molecule has 0 atom stereocenters. The minimum Gasteiger partial charge on any atom is -0.177 e. The first-order valence-electron chi connectivity index (χ1n) is 8.67. The number of tetrazole rings is 1. The molecular formula is C21H20N4P+. The highest BCUT2D eigenvalue weighted by atomic mass is 31.2. The Balaban J connectivity index is 1.90. The maximum absolute atomic E-state index is 4.17. The molecule has 26 heavy (non-hydrogen) atoms. The summed E-state index contributed by atoms with van der Waals surface area (Å²) in [7, 11) is -1.82.